The van der Waals surface area contributed by atoms with Crippen LogP contribution in [-0.4, -0.2) is 6.54 Å². The van der Waals surface area contributed by atoms with Crippen molar-refractivity contribution in [3.05, 3.63) is 46.4 Å². The summed E-state index contributed by atoms with van der Waals surface area (Å²) in [6.07, 6.45) is 1.08. The standard InChI is InChI=1S/C14H15BrFNO/c1-2-7-17-9-11-4-6-14(18-11)12-5-3-10(15)8-13(12)16/h3-6,8,17H,2,7,9H2,1H3. The molecular formula is C14H15BrFNO. The third-order valence-corrected chi connectivity index (χ3v) is 3.08. The van der Waals surface area contributed by atoms with Crippen molar-refractivity contribution < 1.29 is 8.81 Å². The average molecular weight is 312 g/mol. The molecule has 0 saturated heterocycles. The van der Waals surface area contributed by atoms with Gasteiger partial charge in [-0.3, -0.25) is 0 Å². The molecule has 0 aliphatic heterocycles. The second-order valence-corrected chi connectivity index (χ2v) is 4.98. The Hall–Kier alpha value is -1.13. The van der Waals surface area contributed by atoms with E-state index in [2.05, 4.69) is 28.2 Å². The van der Waals surface area contributed by atoms with Gasteiger partial charge in [-0.25, -0.2) is 4.39 Å². The Morgan fingerprint density at radius 1 is 1.28 bits per heavy atom. The van der Waals surface area contributed by atoms with E-state index < -0.39 is 0 Å². The predicted molar refractivity (Wildman–Crippen MR) is 73.8 cm³/mol. The van der Waals surface area contributed by atoms with Gasteiger partial charge in [-0.05, 0) is 43.3 Å². The highest BCUT2D eigenvalue weighted by atomic mass is 79.9. The molecule has 0 amide bonds. The van der Waals surface area contributed by atoms with Gasteiger partial charge >= 0.3 is 0 Å². The molecule has 2 nitrogen and oxygen atoms in total. The van der Waals surface area contributed by atoms with Crippen LogP contribution in [0.15, 0.2) is 39.2 Å². The first-order chi connectivity index (χ1) is 8.70. The number of hydrogen-bond acceptors (Lipinski definition) is 2. The Balaban J connectivity index is 2.13. The smallest absolute Gasteiger partial charge is 0.137 e. The summed E-state index contributed by atoms with van der Waals surface area (Å²) >= 11 is 3.24. The van der Waals surface area contributed by atoms with E-state index in [1.54, 1.807) is 18.2 Å². The second-order valence-electron chi connectivity index (χ2n) is 4.07. The SMILES string of the molecule is CCCNCc1ccc(-c2ccc(Br)cc2F)o1. The molecule has 0 atom stereocenters. The van der Waals surface area contributed by atoms with E-state index in [4.69, 9.17) is 4.42 Å². The lowest BCUT2D eigenvalue weighted by atomic mass is 10.1. The van der Waals surface area contributed by atoms with Gasteiger partial charge in [0.05, 0.1) is 12.1 Å². The molecule has 0 aliphatic rings. The molecule has 2 aromatic rings. The minimum Gasteiger partial charge on any atom is -0.460 e. The van der Waals surface area contributed by atoms with Gasteiger partial charge in [0, 0.05) is 4.47 Å². The van der Waals surface area contributed by atoms with Crippen LogP contribution in [0.1, 0.15) is 19.1 Å². The molecule has 4 heteroatoms. The van der Waals surface area contributed by atoms with Crippen LogP contribution in [-0.2, 0) is 6.54 Å². The number of furan rings is 1. The third-order valence-electron chi connectivity index (χ3n) is 2.58. The van der Waals surface area contributed by atoms with Crippen LogP contribution in [0.4, 0.5) is 4.39 Å². The fraction of sp³-hybridized carbons (Fsp3) is 0.286. The molecule has 0 aliphatic carbocycles. The zero-order valence-corrected chi connectivity index (χ0v) is 11.8. The third kappa shape index (κ3) is 3.21. The van der Waals surface area contributed by atoms with Gasteiger partial charge in [-0.2, -0.15) is 0 Å². The Bertz CT molecular complexity index is 524. The first kappa shape index (κ1) is 13.3. The minimum atomic E-state index is -0.285. The lowest BCUT2D eigenvalue weighted by Crippen LogP contribution is -2.12. The van der Waals surface area contributed by atoms with Gasteiger partial charge in [0.15, 0.2) is 0 Å². The van der Waals surface area contributed by atoms with Gasteiger partial charge in [-0.1, -0.05) is 22.9 Å². The predicted octanol–water partition coefficient (Wildman–Crippen LogP) is 4.35. The average Bonchev–Trinajstić information content (AvgIpc) is 2.78. The van der Waals surface area contributed by atoms with Crippen molar-refractivity contribution in [1.29, 1.82) is 0 Å². The molecular weight excluding hydrogens is 297 g/mol. The van der Waals surface area contributed by atoms with Gasteiger partial charge in [0.1, 0.15) is 17.3 Å². The Kier molecular flexibility index (Phi) is 4.55. The van der Waals surface area contributed by atoms with E-state index in [0.717, 1.165) is 23.2 Å². The normalized spacial score (nSPS) is 10.8. The van der Waals surface area contributed by atoms with Crippen LogP contribution in [0.5, 0.6) is 0 Å². The molecule has 18 heavy (non-hydrogen) atoms. The lowest BCUT2D eigenvalue weighted by molar-refractivity contribution is 0.490. The minimum absolute atomic E-state index is 0.285. The van der Waals surface area contributed by atoms with Crippen molar-refractivity contribution in [2.75, 3.05) is 6.54 Å². The largest absolute Gasteiger partial charge is 0.460 e. The summed E-state index contributed by atoms with van der Waals surface area (Å²) < 4.78 is 20.1. The maximum atomic E-state index is 13.7. The number of benzene rings is 1. The first-order valence-electron chi connectivity index (χ1n) is 5.95. The molecule has 96 valence electrons. The van der Waals surface area contributed by atoms with E-state index >= 15 is 0 Å². The van der Waals surface area contributed by atoms with E-state index in [1.165, 1.54) is 6.07 Å². The molecule has 2 rings (SSSR count). The lowest BCUT2D eigenvalue weighted by Gasteiger charge is -2.01. The maximum Gasteiger partial charge on any atom is 0.137 e. The fourth-order valence-electron chi connectivity index (χ4n) is 1.70. The van der Waals surface area contributed by atoms with Crippen LogP contribution >= 0.6 is 15.9 Å². The van der Waals surface area contributed by atoms with Crippen molar-refractivity contribution in [2.45, 2.75) is 19.9 Å². The van der Waals surface area contributed by atoms with Gasteiger partial charge in [0.25, 0.3) is 0 Å². The van der Waals surface area contributed by atoms with Crippen LogP contribution in [0.3, 0.4) is 0 Å². The molecule has 0 saturated carbocycles. The van der Waals surface area contributed by atoms with Gasteiger partial charge < -0.3 is 9.73 Å². The van der Waals surface area contributed by atoms with Crippen LogP contribution in [0.2, 0.25) is 0 Å². The van der Waals surface area contributed by atoms with Crippen molar-refractivity contribution in [1.82, 2.24) is 5.32 Å². The first-order valence-corrected chi connectivity index (χ1v) is 6.75. The van der Waals surface area contributed by atoms with Crippen LogP contribution < -0.4 is 5.32 Å². The van der Waals surface area contributed by atoms with Crippen LogP contribution in [0.25, 0.3) is 11.3 Å². The molecule has 0 bridgehead atoms. The van der Waals surface area contributed by atoms with E-state index in [-0.39, 0.29) is 5.82 Å². The summed E-state index contributed by atoms with van der Waals surface area (Å²) in [6.45, 7) is 3.73. The maximum absolute atomic E-state index is 13.7. The molecule has 1 aromatic heterocycles. The monoisotopic (exact) mass is 311 g/mol. The molecule has 0 unspecified atom stereocenters. The summed E-state index contributed by atoms with van der Waals surface area (Å²) in [5, 5.41) is 3.24. The van der Waals surface area contributed by atoms with E-state index in [0.29, 0.717) is 17.9 Å². The van der Waals surface area contributed by atoms with Gasteiger partial charge in [0.2, 0.25) is 0 Å². The number of rotatable bonds is 5. The Morgan fingerprint density at radius 2 is 2.11 bits per heavy atom. The van der Waals surface area contributed by atoms with E-state index in [9.17, 15) is 4.39 Å². The number of nitrogens with one attached hydrogen (secondary N) is 1. The second kappa shape index (κ2) is 6.16. The summed E-state index contributed by atoms with van der Waals surface area (Å²) in [5.41, 5.74) is 0.486. The number of halogens is 2. The highest BCUT2D eigenvalue weighted by Crippen LogP contribution is 2.27. The highest BCUT2D eigenvalue weighted by Gasteiger charge is 2.09. The molecule has 1 N–H and O–H groups in total. The summed E-state index contributed by atoms with van der Waals surface area (Å²) in [5.74, 6) is 1.10. The van der Waals surface area contributed by atoms with Crippen molar-refractivity contribution in [3.8, 4) is 11.3 Å². The summed E-state index contributed by atoms with van der Waals surface area (Å²) in [4.78, 5) is 0. The van der Waals surface area contributed by atoms with Crippen LogP contribution in [0, 0.1) is 5.82 Å². The molecule has 0 spiro atoms. The van der Waals surface area contributed by atoms with E-state index in [1.807, 2.05) is 6.07 Å². The quantitative estimate of drug-likeness (QED) is 0.831. The highest BCUT2D eigenvalue weighted by molar-refractivity contribution is 9.10. The Morgan fingerprint density at radius 3 is 2.83 bits per heavy atom. The van der Waals surface area contributed by atoms with Crippen molar-refractivity contribution in [3.63, 3.8) is 0 Å². The molecule has 0 fully saturated rings. The van der Waals surface area contributed by atoms with Crippen molar-refractivity contribution in [2.24, 2.45) is 0 Å². The number of hydrogen-bond donors (Lipinski definition) is 1. The summed E-state index contributed by atoms with van der Waals surface area (Å²) in [6, 6.07) is 8.62. The van der Waals surface area contributed by atoms with Crippen molar-refractivity contribution >= 4 is 15.9 Å². The summed E-state index contributed by atoms with van der Waals surface area (Å²) in [7, 11) is 0. The zero-order valence-electron chi connectivity index (χ0n) is 10.2. The fourth-order valence-corrected chi connectivity index (χ4v) is 2.03. The zero-order chi connectivity index (χ0) is 13.0. The van der Waals surface area contributed by atoms with Gasteiger partial charge in [-0.15, -0.1) is 0 Å². The topological polar surface area (TPSA) is 25.2 Å². The molecule has 0 radical (unpaired) electrons. The Labute approximate surface area is 114 Å². The molecule has 1 aromatic carbocycles. The molecule has 1 heterocycles.